The smallest absolute Gasteiger partial charge is 0.310 e. The second-order valence-corrected chi connectivity index (χ2v) is 6.53. The fourth-order valence-electron chi connectivity index (χ4n) is 2.41. The molecule has 1 N–H and O–H groups in total. The number of carbonyl (C=O) groups is 1. The van der Waals surface area contributed by atoms with E-state index in [1.165, 1.54) is 18.5 Å². The quantitative estimate of drug-likeness (QED) is 0.872. The summed E-state index contributed by atoms with van der Waals surface area (Å²) in [6.07, 6.45) is 2.77. The molecule has 106 valence electrons. The standard InChI is InChI=1S/C16H20N2O2/c1-16(2,3)20-14(19)9-10-4-7-13-12(8-10)15(18-17-13)11-5-6-11/h4,7-8,11H,5-6,9H2,1-3H3,(H,17,18). The Balaban J connectivity index is 1.81. The van der Waals surface area contributed by atoms with Crippen molar-refractivity contribution in [1.29, 1.82) is 0 Å². The van der Waals surface area contributed by atoms with Crippen LogP contribution >= 0.6 is 0 Å². The summed E-state index contributed by atoms with van der Waals surface area (Å²) in [7, 11) is 0. The second-order valence-electron chi connectivity index (χ2n) is 6.53. The first-order valence-electron chi connectivity index (χ1n) is 7.11. The normalized spacial score (nSPS) is 15.6. The second kappa shape index (κ2) is 4.62. The van der Waals surface area contributed by atoms with Crippen molar-refractivity contribution in [2.45, 2.75) is 51.6 Å². The Morgan fingerprint density at radius 3 is 2.80 bits per heavy atom. The van der Waals surface area contributed by atoms with Crippen molar-refractivity contribution in [1.82, 2.24) is 10.2 Å². The summed E-state index contributed by atoms with van der Waals surface area (Å²) in [5, 5.41) is 8.59. The summed E-state index contributed by atoms with van der Waals surface area (Å²) in [4.78, 5) is 11.9. The monoisotopic (exact) mass is 272 g/mol. The van der Waals surface area contributed by atoms with Gasteiger partial charge in [0.05, 0.1) is 11.9 Å². The highest BCUT2D eigenvalue weighted by molar-refractivity contribution is 5.84. The van der Waals surface area contributed by atoms with Crippen LogP contribution in [0, 0.1) is 0 Å². The van der Waals surface area contributed by atoms with Crippen molar-refractivity contribution in [3.63, 3.8) is 0 Å². The summed E-state index contributed by atoms with van der Waals surface area (Å²) >= 11 is 0. The number of carbonyl (C=O) groups excluding carboxylic acids is 1. The summed E-state index contributed by atoms with van der Waals surface area (Å²) in [6, 6.07) is 5.98. The van der Waals surface area contributed by atoms with Crippen LogP contribution in [-0.2, 0) is 16.0 Å². The van der Waals surface area contributed by atoms with Crippen molar-refractivity contribution in [3.05, 3.63) is 29.5 Å². The van der Waals surface area contributed by atoms with Gasteiger partial charge in [-0.15, -0.1) is 0 Å². The van der Waals surface area contributed by atoms with E-state index < -0.39 is 5.60 Å². The van der Waals surface area contributed by atoms with Crippen molar-refractivity contribution in [2.75, 3.05) is 0 Å². The molecule has 4 heteroatoms. The van der Waals surface area contributed by atoms with E-state index in [4.69, 9.17) is 4.74 Å². The molecule has 1 fully saturated rings. The van der Waals surface area contributed by atoms with E-state index in [1.54, 1.807) is 0 Å². The lowest BCUT2D eigenvalue weighted by molar-refractivity contribution is -0.153. The van der Waals surface area contributed by atoms with Crippen LogP contribution in [-0.4, -0.2) is 21.8 Å². The fourth-order valence-corrected chi connectivity index (χ4v) is 2.41. The van der Waals surface area contributed by atoms with Gasteiger partial charge in [0.2, 0.25) is 0 Å². The molecule has 1 aliphatic rings. The molecule has 1 aromatic carbocycles. The van der Waals surface area contributed by atoms with Gasteiger partial charge in [-0.05, 0) is 51.3 Å². The first-order valence-corrected chi connectivity index (χ1v) is 7.11. The highest BCUT2D eigenvalue weighted by Crippen LogP contribution is 2.42. The van der Waals surface area contributed by atoms with Gasteiger partial charge in [0.25, 0.3) is 0 Å². The minimum absolute atomic E-state index is 0.187. The number of hydrogen-bond donors (Lipinski definition) is 1. The zero-order valence-corrected chi connectivity index (χ0v) is 12.2. The van der Waals surface area contributed by atoms with Gasteiger partial charge in [-0.3, -0.25) is 9.89 Å². The SMILES string of the molecule is CC(C)(C)OC(=O)Cc1ccc2n[nH]c(C3CC3)c2c1. The molecule has 0 radical (unpaired) electrons. The minimum atomic E-state index is -0.435. The van der Waals surface area contributed by atoms with Crippen LogP contribution in [0.2, 0.25) is 0 Å². The molecule has 0 atom stereocenters. The summed E-state index contributed by atoms with van der Waals surface area (Å²) in [5.41, 5.74) is 2.73. The molecule has 1 saturated carbocycles. The molecular formula is C16H20N2O2. The van der Waals surface area contributed by atoms with Gasteiger partial charge in [0.15, 0.2) is 0 Å². The molecule has 0 saturated heterocycles. The maximum Gasteiger partial charge on any atom is 0.310 e. The van der Waals surface area contributed by atoms with Crippen LogP contribution in [0.3, 0.4) is 0 Å². The minimum Gasteiger partial charge on any atom is -0.460 e. The highest BCUT2D eigenvalue weighted by Gasteiger charge is 2.27. The van der Waals surface area contributed by atoms with Crippen LogP contribution in [0.25, 0.3) is 10.9 Å². The molecule has 1 aromatic heterocycles. The molecule has 0 bridgehead atoms. The van der Waals surface area contributed by atoms with E-state index in [0.717, 1.165) is 16.5 Å². The number of nitrogens with zero attached hydrogens (tertiary/aromatic N) is 1. The van der Waals surface area contributed by atoms with E-state index in [1.807, 2.05) is 32.9 Å². The molecular weight excluding hydrogens is 252 g/mol. The van der Waals surface area contributed by atoms with E-state index in [-0.39, 0.29) is 5.97 Å². The molecule has 4 nitrogen and oxygen atoms in total. The highest BCUT2D eigenvalue weighted by atomic mass is 16.6. The van der Waals surface area contributed by atoms with Gasteiger partial charge in [-0.2, -0.15) is 5.10 Å². The van der Waals surface area contributed by atoms with E-state index in [2.05, 4.69) is 16.3 Å². The third-order valence-corrected chi connectivity index (χ3v) is 3.40. The van der Waals surface area contributed by atoms with Crippen molar-refractivity contribution in [3.8, 4) is 0 Å². The Labute approximate surface area is 118 Å². The van der Waals surface area contributed by atoms with Gasteiger partial charge in [0.1, 0.15) is 5.60 Å². The number of aromatic nitrogens is 2. The van der Waals surface area contributed by atoms with Crippen LogP contribution in [0.1, 0.15) is 50.8 Å². The van der Waals surface area contributed by atoms with Crippen molar-refractivity contribution < 1.29 is 9.53 Å². The molecule has 0 unspecified atom stereocenters. The maximum atomic E-state index is 11.9. The Bertz CT molecular complexity index is 648. The number of fused-ring (bicyclic) bond motifs is 1. The zero-order chi connectivity index (χ0) is 14.3. The largest absolute Gasteiger partial charge is 0.460 e. The Hall–Kier alpha value is -1.84. The number of rotatable bonds is 3. The molecule has 0 amide bonds. The van der Waals surface area contributed by atoms with Gasteiger partial charge in [0, 0.05) is 17.0 Å². The molecule has 0 spiro atoms. The molecule has 20 heavy (non-hydrogen) atoms. The summed E-state index contributed by atoms with van der Waals surface area (Å²) in [6.45, 7) is 5.65. The van der Waals surface area contributed by atoms with E-state index >= 15 is 0 Å². The van der Waals surface area contributed by atoms with E-state index in [9.17, 15) is 4.79 Å². The lowest BCUT2D eigenvalue weighted by Crippen LogP contribution is -2.24. The lowest BCUT2D eigenvalue weighted by Gasteiger charge is -2.19. The number of esters is 1. The van der Waals surface area contributed by atoms with Crippen molar-refractivity contribution in [2.24, 2.45) is 0 Å². The van der Waals surface area contributed by atoms with Gasteiger partial charge in [-0.25, -0.2) is 0 Å². The molecule has 3 rings (SSSR count). The fraction of sp³-hybridized carbons (Fsp3) is 0.500. The molecule has 1 heterocycles. The lowest BCUT2D eigenvalue weighted by atomic mass is 10.1. The van der Waals surface area contributed by atoms with Gasteiger partial charge < -0.3 is 4.74 Å². The number of ether oxygens (including phenoxy) is 1. The van der Waals surface area contributed by atoms with Crippen LogP contribution in [0.5, 0.6) is 0 Å². The predicted molar refractivity (Wildman–Crippen MR) is 77.6 cm³/mol. The van der Waals surface area contributed by atoms with Crippen LogP contribution in [0.15, 0.2) is 18.2 Å². The topological polar surface area (TPSA) is 55.0 Å². The predicted octanol–water partition coefficient (Wildman–Crippen LogP) is 3.32. The number of hydrogen-bond acceptors (Lipinski definition) is 3. The van der Waals surface area contributed by atoms with Gasteiger partial charge in [-0.1, -0.05) is 6.07 Å². The third-order valence-electron chi connectivity index (χ3n) is 3.40. The molecule has 1 aliphatic carbocycles. The third kappa shape index (κ3) is 2.84. The molecule has 2 aromatic rings. The zero-order valence-electron chi connectivity index (χ0n) is 12.2. The number of aromatic amines is 1. The van der Waals surface area contributed by atoms with Crippen molar-refractivity contribution >= 4 is 16.9 Å². The average molecular weight is 272 g/mol. The first kappa shape index (κ1) is 13.2. The Morgan fingerprint density at radius 2 is 2.15 bits per heavy atom. The maximum absolute atomic E-state index is 11.9. The number of H-pyrrole nitrogens is 1. The Morgan fingerprint density at radius 1 is 1.40 bits per heavy atom. The van der Waals surface area contributed by atoms with Crippen LogP contribution < -0.4 is 0 Å². The van der Waals surface area contributed by atoms with E-state index in [0.29, 0.717) is 12.3 Å². The first-order chi connectivity index (χ1) is 9.42. The average Bonchev–Trinajstić information content (AvgIpc) is 3.07. The number of benzene rings is 1. The summed E-state index contributed by atoms with van der Waals surface area (Å²) in [5.74, 6) is 0.435. The summed E-state index contributed by atoms with van der Waals surface area (Å²) < 4.78 is 5.36. The number of nitrogens with one attached hydrogen (secondary N) is 1. The molecule has 0 aliphatic heterocycles. The van der Waals surface area contributed by atoms with Crippen LogP contribution in [0.4, 0.5) is 0 Å². The Kier molecular flexibility index (Phi) is 3.04. The van der Waals surface area contributed by atoms with Gasteiger partial charge >= 0.3 is 5.97 Å².